The summed E-state index contributed by atoms with van der Waals surface area (Å²) >= 11 is 1.33. The fraction of sp³-hybridized carbons (Fsp3) is 0.714. The molecule has 0 radical (unpaired) electrons. The normalized spacial score (nSPS) is 16.6. The van der Waals surface area contributed by atoms with Crippen molar-refractivity contribution >= 4 is 21.4 Å². The quantitative estimate of drug-likeness (QED) is 0.802. The van der Waals surface area contributed by atoms with E-state index in [0.29, 0.717) is 23.2 Å². The largest absolute Gasteiger partial charge is 0.313 e. The minimum atomic E-state index is -3.30. The van der Waals surface area contributed by atoms with Crippen LogP contribution in [0.5, 0.6) is 0 Å². The fourth-order valence-corrected chi connectivity index (χ4v) is 5.23. The van der Waals surface area contributed by atoms with E-state index < -0.39 is 10.0 Å². The molecule has 0 spiro atoms. The Bertz CT molecular complexity index is 521. The molecule has 0 aliphatic heterocycles. The molecule has 0 atom stereocenters. The van der Waals surface area contributed by atoms with Crippen LogP contribution in [0.25, 0.3) is 0 Å². The van der Waals surface area contributed by atoms with Gasteiger partial charge in [0.25, 0.3) is 10.0 Å². The van der Waals surface area contributed by atoms with E-state index >= 15 is 0 Å². The third kappa shape index (κ3) is 3.61. The predicted octanol–water partition coefficient (Wildman–Crippen LogP) is 2.67. The van der Waals surface area contributed by atoms with Gasteiger partial charge < -0.3 is 5.32 Å². The molecule has 20 heavy (non-hydrogen) atoms. The third-order valence-corrected chi connectivity index (χ3v) is 7.25. The van der Waals surface area contributed by atoms with Crippen LogP contribution in [0.3, 0.4) is 0 Å². The Labute approximate surface area is 126 Å². The van der Waals surface area contributed by atoms with Crippen LogP contribution in [0.15, 0.2) is 15.7 Å². The molecule has 1 aromatic heterocycles. The molecule has 0 unspecified atom stereocenters. The summed E-state index contributed by atoms with van der Waals surface area (Å²) in [5.74, 6) is 0.561. The van der Waals surface area contributed by atoms with E-state index in [1.807, 2.05) is 25.3 Å². The average Bonchev–Trinajstić information content (AvgIpc) is 2.84. The zero-order valence-electron chi connectivity index (χ0n) is 12.3. The first kappa shape index (κ1) is 15.9. The lowest BCUT2D eigenvalue weighted by atomic mass is 9.85. The Kier molecular flexibility index (Phi) is 5.60. The molecule has 0 aromatic carbocycles. The predicted molar refractivity (Wildman–Crippen MR) is 83.5 cm³/mol. The molecule has 6 heteroatoms. The average molecular weight is 316 g/mol. The minimum Gasteiger partial charge on any atom is -0.313 e. The van der Waals surface area contributed by atoms with Gasteiger partial charge in [-0.05, 0) is 42.3 Å². The lowest BCUT2D eigenvalue weighted by Gasteiger charge is -2.30. The molecule has 0 saturated heterocycles. The van der Waals surface area contributed by atoms with E-state index in [4.69, 9.17) is 0 Å². The summed E-state index contributed by atoms with van der Waals surface area (Å²) in [5, 5.41) is 5.16. The Balaban J connectivity index is 2.08. The SMILES string of the molecule is CCNCc1csc(S(=O)(=O)N(CC)CC2CCC2)c1. The summed E-state index contributed by atoms with van der Waals surface area (Å²) in [6.07, 6.45) is 3.58. The summed E-state index contributed by atoms with van der Waals surface area (Å²) in [7, 11) is -3.30. The Hall–Kier alpha value is -0.430. The summed E-state index contributed by atoms with van der Waals surface area (Å²) < 4.78 is 27.4. The number of rotatable bonds is 8. The number of sulfonamides is 1. The van der Waals surface area contributed by atoms with Gasteiger partial charge in [0.15, 0.2) is 0 Å². The van der Waals surface area contributed by atoms with Crippen molar-refractivity contribution < 1.29 is 8.42 Å². The number of thiophene rings is 1. The molecular formula is C14H24N2O2S2. The van der Waals surface area contributed by atoms with Crippen LogP contribution in [0.2, 0.25) is 0 Å². The molecule has 0 bridgehead atoms. The molecule has 1 heterocycles. The monoisotopic (exact) mass is 316 g/mol. The lowest BCUT2D eigenvalue weighted by molar-refractivity contribution is 0.250. The van der Waals surface area contributed by atoms with Crippen LogP contribution in [0, 0.1) is 5.92 Å². The van der Waals surface area contributed by atoms with Gasteiger partial charge in [0.1, 0.15) is 4.21 Å². The summed E-state index contributed by atoms with van der Waals surface area (Å²) in [5.41, 5.74) is 1.05. The number of nitrogens with one attached hydrogen (secondary N) is 1. The molecule has 2 rings (SSSR count). The molecule has 1 aliphatic rings. The van der Waals surface area contributed by atoms with E-state index in [-0.39, 0.29) is 0 Å². The first-order chi connectivity index (χ1) is 9.57. The van der Waals surface area contributed by atoms with Crippen LogP contribution in [-0.2, 0) is 16.6 Å². The second-order valence-electron chi connectivity index (χ2n) is 5.31. The third-order valence-electron chi connectivity index (χ3n) is 3.84. The Morgan fingerprint density at radius 1 is 1.40 bits per heavy atom. The van der Waals surface area contributed by atoms with E-state index in [1.165, 1.54) is 30.6 Å². The number of hydrogen-bond donors (Lipinski definition) is 1. The maximum atomic E-state index is 12.6. The van der Waals surface area contributed by atoms with Gasteiger partial charge in [-0.2, -0.15) is 4.31 Å². The molecular weight excluding hydrogens is 292 g/mol. The highest BCUT2D eigenvalue weighted by Gasteiger charge is 2.29. The van der Waals surface area contributed by atoms with Crippen LogP contribution in [0.4, 0.5) is 0 Å². The van der Waals surface area contributed by atoms with E-state index in [2.05, 4.69) is 5.32 Å². The molecule has 1 aromatic rings. The van der Waals surface area contributed by atoms with Crippen LogP contribution in [0.1, 0.15) is 38.7 Å². The van der Waals surface area contributed by atoms with Crippen molar-refractivity contribution in [3.8, 4) is 0 Å². The topological polar surface area (TPSA) is 49.4 Å². The summed E-state index contributed by atoms with van der Waals surface area (Å²) in [6, 6.07) is 1.81. The van der Waals surface area contributed by atoms with Gasteiger partial charge in [-0.25, -0.2) is 8.42 Å². The van der Waals surface area contributed by atoms with Crippen molar-refractivity contribution in [2.45, 2.75) is 43.9 Å². The van der Waals surface area contributed by atoms with Crippen LogP contribution < -0.4 is 5.32 Å². The fourth-order valence-electron chi connectivity index (χ4n) is 2.34. The van der Waals surface area contributed by atoms with E-state index in [0.717, 1.165) is 18.7 Å². The second kappa shape index (κ2) is 7.02. The van der Waals surface area contributed by atoms with Crippen molar-refractivity contribution in [1.29, 1.82) is 0 Å². The second-order valence-corrected chi connectivity index (χ2v) is 8.38. The van der Waals surface area contributed by atoms with Crippen LogP contribution in [-0.4, -0.2) is 32.4 Å². The maximum Gasteiger partial charge on any atom is 0.252 e. The van der Waals surface area contributed by atoms with Gasteiger partial charge in [-0.1, -0.05) is 20.3 Å². The van der Waals surface area contributed by atoms with Gasteiger partial charge in [0, 0.05) is 19.6 Å². The van der Waals surface area contributed by atoms with E-state index in [9.17, 15) is 8.42 Å². The van der Waals surface area contributed by atoms with Crippen LogP contribution >= 0.6 is 11.3 Å². The van der Waals surface area contributed by atoms with Gasteiger partial charge in [-0.3, -0.25) is 0 Å². The highest BCUT2D eigenvalue weighted by molar-refractivity contribution is 7.91. The van der Waals surface area contributed by atoms with Gasteiger partial charge in [-0.15, -0.1) is 11.3 Å². The van der Waals surface area contributed by atoms with Gasteiger partial charge in [0.2, 0.25) is 0 Å². The standard InChI is InChI=1S/C14H24N2O2S2/c1-3-15-9-13-8-14(19-11-13)20(17,18)16(4-2)10-12-6-5-7-12/h8,11-12,15H,3-7,9-10H2,1-2H3. The maximum absolute atomic E-state index is 12.6. The molecule has 1 saturated carbocycles. The molecule has 114 valence electrons. The summed E-state index contributed by atoms with van der Waals surface area (Å²) in [6.45, 7) is 6.82. The highest BCUT2D eigenvalue weighted by Crippen LogP contribution is 2.30. The van der Waals surface area contributed by atoms with Crippen molar-refractivity contribution in [2.24, 2.45) is 5.92 Å². The van der Waals surface area contributed by atoms with Crippen molar-refractivity contribution in [3.05, 3.63) is 17.0 Å². The van der Waals surface area contributed by atoms with Gasteiger partial charge >= 0.3 is 0 Å². The minimum absolute atomic E-state index is 0.478. The zero-order chi connectivity index (χ0) is 14.6. The molecule has 4 nitrogen and oxygen atoms in total. The number of nitrogens with zero attached hydrogens (tertiary/aromatic N) is 1. The molecule has 0 amide bonds. The molecule has 1 N–H and O–H groups in total. The highest BCUT2D eigenvalue weighted by atomic mass is 32.2. The Morgan fingerprint density at radius 3 is 2.70 bits per heavy atom. The lowest BCUT2D eigenvalue weighted by Crippen LogP contribution is -2.36. The summed E-state index contributed by atoms with van der Waals surface area (Å²) in [4.78, 5) is 0. The number of hydrogen-bond acceptors (Lipinski definition) is 4. The van der Waals surface area contributed by atoms with Crippen molar-refractivity contribution in [2.75, 3.05) is 19.6 Å². The first-order valence-corrected chi connectivity index (χ1v) is 9.68. The Morgan fingerprint density at radius 2 is 2.15 bits per heavy atom. The molecule has 1 fully saturated rings. The zero-order valence-corrected chi connectivity index (χ0v) is 13.9. The van der Waals surface area contributed by atoms with Gasteiger partial charge in [0.05, 0.1) is 0 Å². The van der Waals surface area contributed by atoms with Crippen molar-refractivity contribution in [3.63, 3.8) is 0 Å². The molecule has 1 aliphatic carbocycles. The first-order valence-electron chi connectivity index (χ1n) is 7.36. The van der Waals surface area contributed by atoms with Crippen molar-refractivity contribution in [1.82, 2.24) is 9.62 Å². The van der Waals surface area contributed by atoms with E-state index in [1.54, 1.807) is 4.31 Å². The smallest absolute Gasteiger partial charge is 0.252 e.